The van der Waals surface area contributed by atoms with Crippen LogP contribution in [0.15, 0.2) is 30.5 Å². The van der Waals surface area contributed by atoms with Crippen molar-refractivity contribution in [2.24, 2.45) is 11.7 Å². The smallest absolute Gasteiger partial charge is 0.417 e. The van der Waals surface area contributed by atoms with Crippen LogP contribution < -0.4 is 15.8 Å². The van der Waals surface area contributed by atoms with Crippen LogP contribution in [-0.4, -0.2) is 41.8 Å². The number of carbonyl (C=O) groups is 2. The summed E-state index contributed by atoms with van der Waals surface area (Å²) in [7, 11) is 0.970. The molecule has 1 saturated heterocycles. The summed E-state index contributed by atoms with van der Waals surface area (Å²) in [5.74, 6) is -7.05. The van der Waals surface area contributed by atoms with Crippen molar-refractivity contribution in [3.05, 3.63) is 53.1 Å². The highest BCUT2D eigenvalue weighted by atomic mass is 19.4. The molecule has 4 atom stereocenters. The van der Waals surface area contributed by atoms with Gasteiger partial charge in [-0.3, -0.25) is 14.6 Å². The van der Waals surface area contributed by atoms with Crippen molar-refractivity contribution in [3.63, 3.8) is 0 Å². The molecule has 2 amide bonds. The lowest BCUT2D eigenvalue weighted by molar-refractivity contribution is -0.272. The number of pyridine rings is 1. The summed E-state index contributed by atoms with van der Waals surface area (Å²) in [6, 6.07) is 4.09. The molecule has 2 aromatic rings. The minimum atomic E-state index is -4.94. The maximum absolute atomic E-state index is 14.8. The third-order valence-electron chi connectivity index (χ3n) is 6.16. The molecule has 1 aliphatic heterocycles. The quantitative estimate of drug-likeness (QED) is 0.569. The lowest BCUT2D eigenvalue weighted by atomic mass is 9.76. The predicted octanol–water partition coefficient (Wildman–Crippen LogP) is 4.34. The van der Waals surface area contributed by atoms with Crippen molar-refractivity contribution in [1.82, 2.24) is 4.98 Å². The molecule has 1 aromatic heterocycles. The minimum absolute atomic E-state index is 0.0133. The molecule has 0 unspecified atom stereocenters. The van der Waals surface area contributed by atoms with E-state index in [1.165, 1.54) is 6.07 Å². The van der Waals surface area contributed by atoms with Gasteiger partial charge in [-0.2, -0.15) is 13.2 Å². The van der Waals surface area contributed by atoms with Gasteiger partial charge in [-0.15, -0.1) is 0 Å². The first kappa shape index (κ1) is 26.3. The summed E-state index contributed by atoms with van der Waals surface area (Å²) in [6.07, 6.45) is -8.84. The molecule has 2 heterocycles. The first-order valence-corrected chi connectivity index (χ1v) is 10.2. The number of primary amides is 1. The molecule has 7 nitrogen and oxygen atoms in total. The van der Waals surface area contributed by atoms with Crippen LogP contribution >= 0.6 is 0 Å². The average molecular weight is 505 g/mol. The zero-order valence-electron chi connectivity index (χ0n) is 18.6. The second-order valence-corrected chi connectivity index (χ2v) is 8.13. The van der Waals surface area contributed by atoms with E-state index in [0.29, 0.717) is 0 Å². The van der Waals surface area contributed by atoms with E-state index >= 15 is 0 Å². The van der Waals surface area contributed by atoms with Crippen LogP contribution in [0.25, 0.3) is 0 Å². The first-order valence-electron chi connectivity index (χ1n) is 10.2. The second-order valence-electron chi connectivity index (χ2n) is 8.13. The maximum Gasteiger partial charge on any atom is 0.417 e. The fourth-order valence-electron chi connectivity index (χ4n) is 4.10. The normalized spacial score (nSPS) is 24.5. The molecule has 0 saturated carbocycles. The number of nitrogens with one attached hydrogen (secondary N) is 1. The number of anilines is 1. The van der Waals surface area contributed by atoms with E-state index < -0.39 is 65.1 Å². The Kier molecular flexibility index (Phi) is 7.02. The highest BCUT2D eigenvalue weighted by Gasteiger charge is 2.65. The molecule has 0 spiro atoms. The Labute approximate surface area is 195 Å². The largest absolute Gasteiger partial charge is 0.493 e. The SMILES string of the molecule is COc1c([C@@H]2[C@@H](C(=O)Nc3ccnc(C(N)=O)c3)O[C@](C)(C(F)(F)F)[C@@H]2C)ccc(C(F)F)c1F. The average Bonchev–Trinajstić information content (AvgIpc) is 3.05. The van der Waals surface area contributed by atoms with E-state index in [0.717, 1.165) is 45.4 Å². The number of hydrogen-bond donors (Lipinski definition) is 2. The summed E-state index contributed by atoms with van der Waals surface area (Å²) < 4.78 is 93.3. The highest BCUT2D eigenvalue weighted by molar-refractivity contribution is 5.97. The van der Waals surface area contributed by atoms with Gasteiger partial charge in [0.1, 0.15) is 11.8 Å². The molecule has 0 aliphatic carbocycles. The molecule has 1 fully saturated rings. The fourth-order valence-corrected chi connectivity index (χ4v) is 4.10. The van der Waals surface area contributed by atoms with Gasteiger partial charge in [-0.05, 0) is 25.1 Å². The Balaban J connectivity index is 2.10. The molecule has 3 rings (SSSR count). The van der Waals surface area contributed by atoms with Gasteiger partial charge in [0.05, 0.1) is 12.7 Å². The first-order chi connectivity index (χ1) is 16.2. The summed E-state index contributed by atoms with van der Waals surface area (Å²) in [4.78, 5) is 28.2. The number of aromatic nitrogens is 1. The van der Waals surface area contributed by atoms with Crippen LogP contribution in [0.3, 0.4) is 0 Å². The van der Waals surface area contributed by atoms with Gasteiger partial charge in [0.25, 0.3) is 18.2 Å². The summed E-state index contributed by atoms with van der Waals surface area (Å²) in [6.45, 7) is 1.90. The molecule has 3 N–H and O–H groups in total. The van der Waals surface area contributed by atoms with Crippen LogP contribution in [0, 0.1) is 11.7 Å². The lowest BCUT2D eigenvalue weighted by Gasteiger charge is -2.32. The molecule has 0 radical (unpaired) electrons. The Hall–Kier alpha value is -3.35. The van der Waals surface area contributed by atoms with Gasteiger partial charge in [0.2, 0.25) is 0 Å². The number of alkyl halides is 5. The molecule has 1 aromatic carbocycles. The maximum atomic E-state index is 14.8. The number of halogens is 6. The number of methoxy groups -OCH3 is 1. The van der Waals surface area contributed by atoms with Gasteiger partial charge < -0.3 is 20.5 Å². The van der Waals surface area contributed by atoms with E-state index in [2.05, 4.69) is 10.3 Å². The molecular weight excluding hydrogens is 484 g/mol. The topological polar surface area (TPSA) is 104 Å². The van der Waals surface area contributed by atoms with Crippen molar-refractivity contribution in [2.75, 3.05) is 12.4 Å². The van der Waals surface area contributed by atoms with E-state index in [9.17, 15) is 35.9 Å². The van der Waals surface area contributed by atoms with Crippen molar-refractivity contribution in [2.45, 2.75) is 44.1 Å². The van der Waals surface area contributed by atoms with E-state index in [1.807, 2.05) is 0 Å². The van der Waals surface area contributed by atoms with Crippen LogP contribution in [-0.2, 0) is 9.53 Å². The Morgan fingerprint density at radius 1 is 1.26 bits per heavy atom. The zero-order valence-corrected chi connectivity index (χ0v) is 18.6. The zero-order chi connectivity index (χ0) is 26.3. The third-order valence-corrected chi connectivity index (χ3v) is 6.16. The van der Waals surface area contributed by atoms with Gasteiger partial charge in [-0.1, -0.05) is 13.0 Å². The van der Waals surface area contributed by atoms with Crippen LogP contribution in [0.4, 0.5) is 32.0 Å². The third kappa shape index (κ3) is 4.64. The van der Waals surface area contributed by atoms with E-state index in [-0.39, 0.29) is 16.9 Å². The molecule has 1 aliphatic rings. The molecular formula is C22H21F6N3O4. The summed E-state index contributed by atoms with van der Waals surface area (Å²) in [5, 5.41) is 2.34. The monoisotopic (exact) mass is 505 g/mol. The summed E-state index contributed by atoms with van der Waals surface area (Å²) >= 11 is 0. The molecule has 13 heteroatoms. The lowest BCUT2D eigenvalue weighted by Crippen LogP contribution is -2.47. The minimum Gasteiger partial charge on any atom is -0.493 e. The van der Waals surface area contributed by atoms with Crippen LogP contribution in [0.1, 0.15) is 47.8 Å². The number of benzene rings is 1. The molecule has 35 heavy (non-hydrogen) atoms. The Morgan fingerprint density at radius 3 is 2.46 bits per heavy atom. The number of carbonyl (C=O) groups excluding carboxylic acids is 2. The van der Waals surface area contributed by atoms with E-state index in [1.54, 1.807) is 0 Å². The van der Waals surface area contributed by atoms with Gasteiger partial charge in [-0.25, -0.2) is 13.2 Å². The van der Waals surface area contributed by atoms with Gasteiger partial charge >= 0.3 is 6.18 Å². The van der Waals surface area contributed by atoms with Gasteiger partial charge in [0, 0.05) is 29.3 Å². The second kappa shape index (κ2) is 9.36. The number of rotatable bonds is 6. The van der Waals surface area contributed by atoms with Crippen molar-refractivity contribution in [3.8, 4) is 5.75 Å². The van der Waals surface area contributed by atoms with Crippen LogP contribution in [0.2, 0.25) is 0 Å². The number of amides is 2. The van der Waals surface area contributed by atoms with Crippen molar-refractivity contribution < 1.29 is 45.4 Å². The number of nitrogens with zero attached hydrogens (tertiary/aromatic N) is 1. The highest BCUT2D eigenvalue weighted by Crippen LogP contribution is 2.55. The number of ether oxygens (including phenoxy) is 2. The summed E-state index contributed by atoms with van der Waals surface area (Å²) in [5.41, 5.74) is 0.816. The van der Waals surface area contributed by atoms with Crippen molar-refractivity contribution in [1.29, 1.82) is 0 Å². The Bertz CT molecular complexity index is 1140. The Morgan fingerprint density at radius 2 is 1.91 bits per heavy atom. The van der Waals surface area contributed by atoms with Crippen molar-refractivity contribution >= 4 is 17.5 Å². The van der Waals surface area contributed by atoms with Gasteiger partial charge in [0.15, 0.2) is 17.2 Å². The standard InChI is InChI=1S/C22H21F6N3O4/c1-9-14(11-4-5-12(18(24)25)15(23)16(11)34-3)17(35-21(9,2)22(26,27)28)20(33)31-10-6-7-30-13(8-10)19(29)32/h4-9,14,17-18H,1-3H3,(H2,29,32)(H,30,31,33)/t9-,14-,17+,21+/m1/s1. The molecule has 0 bridgehead atoms. The molecule has 190 valence electrons. The van der Waals surface area contributed by atoms with E-state index in [4.69, 9.17) is 15.2 Å². The van der Waals surface area contributed by atoms with Crippen LogP contribution in [0.5, 0.6) is 5.75 Å². The number of nitrogens with two attached hydrogens (primary N) is 1. The number of hydrogen-bond acceptors (Lipinski definition) is 5. The predicted molar refractivity (Wildman–Crippen MR) is 111 cm³/mol. The fraction of sp³-hybridized carbons (Fsp3) is 0.409.